The van der Waals surface area contributed by atoms with E-state index in [4.69, 9.17) is 4.74 Å². The molecule has 0 saturated carbocycles. The lowest BCUT2D eigenvalue weighted by Gasteiger charge is -2.10. The fourth-order valence-electron chi connectivity index (χ4n) is 1.75. The van der Waals surface area contributed by atoms with E-state index in [0.29, 0.717) is 19.6 Å². The van der Waals surface area contributed by atoms with Gasteiger partial charge in [0.25, 0.3) is 0 Å². The Morgan fingerprint density at radius 2 is 2.18 bits per heavy atom. The van der Waals surface area contributed by atoms with Crippen LogP contribution in [0.25, 0.3) is 0 Å². The smallest absolute Gasteiger partial charge is 0.224 e. The Bertz CT molecular complexity index is 350. The highest BCUT2D eigenvalue weighted by atomic mass is 32.2. The Labute approximate surface area is 103 Å². The molecule has 1 amide bonds. The van der Waals surface area contributed by atoms with Crippen LogP contribution in [0.4, 0.5) is 0 Å². The van der Waals surface area contributed by atoms with Crippen molar-refractivity contribution in [3.63, 3.8) is 0 Å². The zero-order valence-corrected chi connectivity index (χ0v) is 11.3. The van der Waals surface area contributed by atoms with Crippen molar-refractivity contribution in [2.45, 2.75) is 32.8 Å². The standard InChI is InChI=1S/C11H21NO4S/c1-9(2)16-6-3-5-12-11(13)10-4-7-17(14,15)8-10/h9-10H,3-8H2,1-2H3,(H,12,13)/t10-/m1/s1. The number of rotatable bonds is 6. The molecule has 1 aliphatic heterocycles. The first kappa shape index (κ1) is 14.4. The number of hydrogen-bond donors (Lipinski definition) is 1. The van der Waals surface area contributed by atoms with E-state index in [9.17, 15) is 13.2 Å². The van der Waals surface area contributed by atoms with Crippen molar-refractivity contribution in [2.24, 2.45) is 5.92 Å². The SMILES string of the molecule is CC(C)OCCCNC(=O)[C@@H]1CCS(=O)(=O)C1. The number of sulfone groups is 1. The van der Waals surface area contributed by atoms with Gasteiger partial charge in [-0.3, -0.25) is 4.79 Å². The zero-order chi connectivity index (χ0) is 12.9. The van der Waals surface area contributed by atoms with Gasteiger partial charge in [-0.25, -0.2) is 8.42 Å². The van der Waals surface area contributed by atoms with Crippen LogP contribution in [0.2, 0.25) is 0 Å². The molecule has 6 heteroatoms. The first-order chi connectivity index (χ1) is 7.91. The van der Waals surface area contributed by atoms with Crippen LogP contribution in [0.3, 0.4) is 0 Å². The molecule has 0 unspecified atom stereocenters. The summed E-state index contributed by atoms with van der Waals surface area (Å²) >= 11 is 0. The summed E-state index contributed by atoms with van der Waals surface area (Å²) in [4.78, 5) is 11.6. The van der Waals surface area contributed by atoms with Crippen molar-refractivity contribution in [3.8, 4) is 0 Å². The first-order valence-corrected chi connectivity index (χ1v) is 7.82. The van der Waals surface area contributed by atoms with E-state index in [1.807, 2.05) is 13.8 Å². The monoisotopic (exact) mass is 263 g/mol. The van der Waals surface area contributed by atoms with E-state index in [-0.39, 0.29) is 29.4 Å². The molecule has 0 aromatic carbocycles. The van der Waals surface area contributed by atoms with Gasteiger partial charge in [0.15, 0.2) is 9.84 Å². The van der Waals surface area contributed by atoms with Crippen LogP contribution in [0.15, 0.2) is 0 Å². The molecule has 1 rings (SSSR count). The maximum atomic E-state index is 11.6. The van der Waals surface area contributed by atoms with Gasteiger partial charge in [-0.05, 0) is 26.7 Å². The molecule has 1 fully saturated rings. The molecule has 17 heavy (non-hydrogen) atoms. The summed E-state index contributed by atoms with van der Waals surface area (Å²) in [5.74, 6) is -0.357. The second kappa shape index (κ2) is 6.35. The third kappa shape index (κ3) is 5.50. The molecule has 0 aliphatic carbocycles. The van der Waals surface area contributed by atoms with Gasteiger partial charge in [-0.1, -0.05) is 0 Å². The van der Waals surface area contributed by atoms with Crippen LogP contribution in [-0.4, -0.2) is 45.1 Å². The van der Waals surface area contributed by atoms with E-state index in [1.54, 1.807) is 0 Å². The van der Waals surface area contributed by atoms with Crippen molar-refractivity contribution in [2.75, 3.05) is 24.7 Å². The van der Waals surface area contributed by atoms with Crippen molar-refractivity contribution >= 4 is 15.7 Å². The van der Waals surface area contributed by atoms with Crippen LogP contribution >= 0.6 is 0 Å². The quantitative estimate of drug-likeness (QED) is 0.702. The summed E-state index contributed by atoms with van der Waals surface area (Å²) in [6, 6.07) is 0. The molecule has 1 saturated heterocycles. The maximum Gasteiger partial charge on any atom is 0.224 e. The van der Waals surface area contributed by atoms with Gasteiger partial charge in [-0.15, -0.1) is 0 Å². The summed E-state index contributed by atoms with van der Waals surface area (Å²) < 4.78 is 27.7. The third-order valence-electron chi connectivity index (χ3n) is 2.67. The number of hydrogen-bond acceptors (Lipinski definition) is 4. The van der Waals surface area contributed by atoms with E-state index in [2.05, 4.69) is 5.32 Å². The number of amides is 1. The van der Waals surface area contributed by atoms with Crippen LogP contribution in [0.5, 0.6) is 0 Å². The molecule has 0 bridgehead atoms. The highest BCUT2D eigenvalue weighted by Gasteiger charge is 2.32. The normalized spacial score (nSPS) is 22.9. The molecule has 1 N–H and O–H groups in total. The molecule has 100 valence electrons. The predicted octanol–water partition coefficient (Wildman–Crippen LogP) is 0.352. The Balaban J connectivity index is 2.14. The van der Waals surface area contributed by atoms with E-state index in [1.165, 1.54) is 0 Å². The highest BCUT2D eigenvalue weighted by molar-refractivity contribution is 7.91. The number of ether oxygens (including phenoxy) is 1. The molecule has 1 heterocycles. The summed E-state index contributed by atoms with van der Waals surface area (Å²) in [5.41, 5.74) is 0. The van der Waals surface area contributed by atoms with Gasteiger partial charge in [-0.2, -0.15) is 0 Å². The second-order valence-electron chi connectivity index (χ2n) is 4.66. The van der Waals surface area contributed by atoms with Crippen LogP contribution in [0.1, 0.15) is 26.7 Å². The second-order valence-corrected chi connectivity index (χ2v) is 6.89. The molecule has 5 nitrogen and oxygen atoms in total. The average molecular weight is 263 g/mol. The summed E-state index contributed by atoms with van der Waals surface area (Å²) in [7, 11) is -2.97. The lowest BCUT2D eigenvalue weighted by atomic mass is 10.1. The van der Waals surface area contributed by atoms with Crippen LogP contribution in [-0.2, 0) is 19.4 Å². The minimum absolute atomic E-state index is 0.00132. The van der Waals surface area contributed by atoms with E-state index < -0.39 is 9.84 Å². The van der Waals surface area contributed by atoms with Crippen LogP contribution < -0.4 is 5.32 Å². The fraction of sp³-hybridized carbons (Fsp3) is 0.909. The zero-order valence-electron chi connectivity index (χ0n) is 10.4. The molecule has 0 radical (unpaired) electrons. The number of carbonyl (C=O) groups is 1. The molecule has 0 aromatic rings. The minimum atomic E-state index is -2.97. The number of carbonyl (C=O) groups excluding carboxylic acids is 1. The molecular formula is C11H21NO4S. The van der Waals surface area contributed by atoms with Crippen molar-refractivity contribution < 1.29 is 17.9 Å². The van der Waals surface area contributed by atoms with Gasteiger partial charge in [0.1, 0.15) is 0 Å². The Kier molecular flexibility index (Phi) is 5.39. The summed E-state index contributed by atoms with van der Waals surface area (Å²) in [6.07, 6.45) is 1.41. The predicted molar refractivity (Wildman–Crippen MR) is 65.5 cm³/mol. The molecular weight excluding hydrogens is 242 g/mol. The van der Waals surface area contributed by atoms with E-state index in [0.717, 1.165) is 6.42 Å². The molecule has 1 atom stereocenters. The summed E-state index contributed by atoms with van der Waals surface area (Å²) in [6.45, 7) is 5.08. The summed E-state index contributed by atoms with van der Waals surface area (Å²) in [5, 5.41) is 2.75. The molecule has 0 aromatic heterocycles. The molecule has 0 spiro atoms. The number of nitrogens with one attached hydrogen (secondary N) is 1. The van der Waals surface area contributed by atoms with Gasteiger partial charge < -0.3 is 10.1 Å². The minimum Gasteiger partial charge on any atom is -0.379 e. The van der Waals surface area contributed by atoms with Gasteiger partial charge in [0.05, 0.1) is 23.5 Å². The Hall–Kier alpha value is -0.620. The topological polar surface area (TPSA) is 72.5 Å². The first-order valence-electron chi connectivity index (χ1n) is 6.00. The largest absolute Gasteiger partial charge is 0.379 e. The average Bonchev–Trinajstić information content (AvgIpc) is 2.57. The molecule has 1 aliphatic rings. The van der Waals surface area contributed by atoms with Crippen molar-refractivity contribution in [3.05, 3.63) is 0 Å². The lowest BCUT2D eigenvalue weighted by Crippen LogP contribution is -2.32. The van der Waals surface area contributed by atoms with Crippen LogP contribution in [0, 0.1) is 5.92 Å². The maximum absolute atomic E-state index is 11.6. The lowest BCUT2D eigenvalue weighted by molar-refractivity contribution is -0.124. The third-order valence-corrected chi connectivity index (χ3v) is 4.44. The highest BCUT2D eigenvalue weighted by Crippen LogP contribution is 2.18. The van der Waals surface area contributed by atoms with Gasteiger partial charge >= 0.3 is 0 Å². The Morgan fingerprint density at radius 3 is 2.71 bits per heavy atom. The fourth-order valence-corrected chi connectivity index (χ4v) is 3.49. The van der Waals surface area contributed by atoms with Gasteiger partial charge in [0, 0.05) is 13.2 Å². The van der Waals surface area contributed by atoms with Crippen molar-refractivity contribution in [1.29, 1.82) is 0 Å². The van der Waals surface area contributed by atoms with Crippen molar-refractivity contribution in [1.82, 2.24) is 5.32 Å². The Morgan fingerprint density at radius 1 is 1.47 bits per heavy atom. The van der Waals surface area contributed by atoms with E-state index >= 15 is 0 Å². The van der Waals surface area contributed by atoms with Gasteiger partial charge in [0.2, 0.25) is 5.91 Å².